The zero-order valence-corrected chi connectivity index (χ0v) is 18.4. The number of nitrogens with zero attached hydrogens (tertiary/aromatic N) is 2. The number of methoxy groups -OCH3 is 1. The quantitative estimate of drug-likeness (QED) is 0.674. The Morgan fingerprint density at radius 1 is 1.12 bits per heavy atom. The summed E-state index contributed by atoms with van der Waals surface area (Å²) in [4.78, 5) is 29.5. The summed E-state index contributed by atoms with van der Waals surface area (Å²) in [5, 5.41) is 6.03. The molecule has 0 aromatic heterocycles. The molecule has 0 spiro atoms. The number of rotatable bonds is 5. The van der Waals surface area contributed by atoms with Gasteiger partial charge in [0.25, 0.3) is 0 Å². The lowest BCUT2D eigenvalue weighted by atomic mass is 9.95. The summed E-state index contributed by atoms with van der Waals surface area (Å²) in [5.74, 6) is -0.785. The van der Waals surface area contributed by atoms with Gasteiger partial charge in [-0.25, -0.2) is 14.0 Å². The van der Waals surface area contributed by atoms with Gasteiger partial charge in [0, 0.05) is 49.1 Å². The van der Waals surface area contributed by atoms with Crippen LogP contribution in [0.3, 0.4) is 0 Å². The molecule has 1 fully saturated rings. The summed E-state index contributed by atoms with van der Waals surface area (Å²) in [5.41, 5.74) is 2.43. The predicted molar refractivity (Wildman–Crippen MR) is 120 cm³/mol. The first kappa shape index (κ1) is 22.1. The SMILES string of the molecule is COC(=O)C1=C(CN2CCN(c3ccc(F)cc3)CC2)NC(=O)NC1c1ccccc1Cl. The second-order valence-electron chi connectivity index (χ2n) is 7.68. The number of esters is 1. The van der Waals surface area contributed by atoms with E-state index in [-0.39, 0.29) is 5.82 Å². The first-order valence-electron chi connectivity index (χ1n) is 10.3. The third-order valence-corrected chi connectivity index (χ3v) is 6.07. The van der Waals surface area contributed by atoms with Crippen LogP contribution in [-0.2, 0) is 9.53 Å². The van der Waals surface area contributed by atoms with Crippen molar-refractivity contribution in [1.82, 2.24) is 15.5 Å². The van der Waals surface area contributed by atoms with Gasteiger partial charge in [0.1, 0.15) is 5.82 Å². The van der Waals surface area contributed by atoms with Crippen molar-refractivity contribution in [2.45, 2.75) is 6.04 Å². The standard InChI is InChI=1S/C23H24ClFN4O3/c1-32-22(30)20-19(26-23(31)27-21(20)17-4-2-3-5-18(17)24)14-28-10-12-29(13-11-28)16-8-6-15(25)7-9-16/h2-9,21H,10-14H2,1H3,(H2,26,27,31). The topological polar surface area (TPSA) is 73.9 Å². The van der Waals surface area contributed by atoms with Crippen molar-refractivity contribution in [3.63, 3.8) is 0 Å². The van der Waals surface area contributed by atoms with Crippen LogP contribution in [-0.4, -0.2) is 56.7 Å². The lowest BCUT2D eigenvalue weighted by Crippen LogP contribution is -2.51. The number of amides is 2. The third-order valence-electron chi connectivity index (χ3n) is 5.72. The smallest absolute Gasteiger partial charge is 0.338 e. The van der Waals surface area contributed by atoms with Gasteiger partial charge in [-0.1, -0.05) is 29.8 Å². The van der Waals surface area contributed by atoms with Crippen LogP contribution < -0.4 is 15.5 Å². The minimum atomic E-state index is -0.708. The number of hydrogen-bond acceptors (Lipinski definition) is 5. The van der Waals surface area contributed by atoms with E-state index in [2.05, 4.69) is 20.4 Å². The maximum atomic E-state index is 13.2. The molecule has 9 heteroatoms. The largest absolute Gasteiger partial charge is 0.466 e. The van der Waals surface area contributed by atoms with E-state index in [1.807, 2.05) is 0 Å². The van der Waals surface area contributed by atoms with E-state index < -0.39 is 18.0 Å². The number of ether oxygens (including phenoxy) is 1. The monoisotopic (exact) mass is 458 g/mol. The third kappa shape index (κ3) is 4.71. The molecule has 2 aromatic carbocycles. The molecule has 1 unspecified atom stereocenters. The first-order valence-corrected chi connectivity index (χ1v) is 10.7. The lowest BCUT2D eigenvalue weighted by Gasteiger charge is -2.38. The minimum Gasteiger partial charge on any atom is -0.466 e. The molecule has 2 aliphatic rings. The van der Waals surface area contributed by atoms with Crippen molar-refractivity contribution in [2.24, 2.45) is 0 Å². The fourth-order valence-electron chi connectivity index (χ4n) is 4.08. The van der Waals surface area contributed by atoms with Crippen molar-refractivity contribution < 1.29 is 18.7 Å². The van der Waals surface area contributed by atoms with Gasteiger partial charge in [-0.2, -0.15) is 0 Å². The summed E-state index contributed by atoms with van der Waals surface area (Å²) in [7, 11) is 1.31. The van der Waals surface area contributed by atoms with Gasteiger partial charge in [0.15, 0.2) is 0 Å². The molecule has 2 N–H and O–H groups in total. The van der Waals surface area contributed by atoms with Gasteiger partial charge in [-0.05, 0) is 35.9 Å². The second-order valence-corrected chi connectivity index (χ2v) is 8.08. The van der Waals surface area contributed by atoms with Crippen LogP contribution in [0.4, 0.5) is 14.9 Å². The molecule has 2 amide bonds. The Kier molecular flexibility index (Phi) is 6.62. The van der Waals surface area contributed by atoms with Gasteiger partial charge < -0.3 is 20.3 Å². The van der Waals surface area contributed by atoms with Gasteiger partial charge in [-0.15, -0.1) is 0 Å². The minimum absolute atomic E-state index is 0.260. The molecule has 0 saturated carbocycles. The Labute approximate surface area is 190 Å². The highest BCUT2D eigenvalue weighted by atomic mass is 35.5. The summed E-state index contributed by atoms with van der Waals surface area (Å²) in [6, 6.07) is 12.4. The van der Waals surface area contributed by atoms with Crippen LogP contribution in [0.25, 0.3) is 0 Å². The van der Waals surface area contributed by atoms with E-state index >= 15 is 0 Å². The zero-order chi connectivity index (χ0) is 22.7. The van der Waals surface area contributed by atoms with Gasteiger partial charge in [0.2, 0.25) is 0 Å². The predicted octanol–water partition coefficient (Wildman–Crippen LogP) is 3.08. The molecule has 7 nitrogen and oxygen atoms in total. The van der Waals surface area contributed by atoms with Crippen molar-refractivity contribution in [2.75, 3.05) is 44.7 Å². The summed E-state index contributed by atoms with van der Waals surface area (Å²) >= 11 is 6.36. The number of halogens is 2. The van der Waals surface area contributed by atoms with Crippen molar-refractivity contribution in [3.05, 3.63) is 76.2 Å². The van der Waals surface area contributed by atoms with Gasteiger partial charge in [0.05, 0.1) is 18.7 Å². The highest BCUT2D eigenvalue weighted by Gasteiger charge is 2.35. The molecule has 2 heterocycles. The lowest BCUT2D eigenvalue weighted by molar-refractivity contribution is -0.136. The molecule has 4 rings (SSSR count). The molecule has 2 aliphatic heterocycles. The van der Waals surface area contributed by atoms with E-state index in [1.54, 1.807) is 36.4 Å². The normalized spacial score (nSPS) is 19.4. The summed E-state index contributed by atoms with van der Waals surface area (Å²) in [6.45, 7) is 3.31. The number of urea groups is 1. The number of hydrogen-bond donors (Lipinski definition) is 2. The van der Waals surface area contributed by atoms with E-state index in [1.165, 1.54) is 19.2 Å². The molecular weight excluding hydrogens is 435 g/mol. The van der Waals surface area contributed by atoms with E-state index in [9.17, 15) is 14.0 Å². The Morgan fingerprint density at radius 2 is 1.81 bits per heavy atom. The highest BCUT2D eigenvalue weighted by molar-refractivity contribution is 6.31. The summed E-state index contributed by atoms with van der Waals surface area (Å²) in [6.07, 6.45) is 0. The Morgan fingerprint density at radius 3 is 2.47 bits per heavy atom. The number of piperazine rings is 1. The van der Waals surface area contributed by atoms with E-state index in [0.717, 1.165) is 31.9 Å². The average molecular weight is 459 g/mol. The number of anilines is 1. The Hall–Kier alpha value is -3.10. The maximum absolute atomic E-state index is 13.2. The van der Waals surface area contributed by atoms with Crippen LogP contribution in [0.1, 0.15) is 11.6 Å². The van der Waals surface area contributed by atoms with Crippen LogP contribution in [0, 0.1) is 5.82 Å². The Bertz CT molecular complexity index is 1040. The molecular formula is C23H24ClFN4O3. The first-order chi connectivity index (χ1) is 15.5. The van der Waals surface area contributed by atoms with Crippen LogP contribution in [0.2, 0.25) is 5.02 Å². The second kappa shape index (κ2) is 9.58. The summed E-state index contributed by atoms with van der Waals surface area (Å²) < 4.78 is 18.2. The van der Waals surface area contributed by atoms with Gasteiger partial charge in [-0.3, -0.25) is 4.90 Å². The molecule has 168 valence electrons. The number of nitrogens with one attached hydrogen (secondary N) is 2. The molecule has 1 atom stereocenters. The fourth-order valence-corrected chi connectivity index (χ4v) is 4.32. The van der Waals surface area contributed by atoms with Crippen molar-refractivity contribution >= 4 is 29.3 Å². The van der Waals surface area contributed by atoms with Crippen LogP contribution in [0.15, 0.2) is 59.8 Å². The van der Waals surface area contributed by atoms with E-state index in [0.29, 0.717) is 28.4 Å². The molecule has 0 bridgehead atoms. The molecule has 0 aliphatic carbocycles. The van der Waals surface area contributed by atoms with Crippen molar-refractivity contribution in [1.29, 1.82) is 0 Å². The number of benzene rings is 2. The van der Waals surface area contributed by atoms with Crippen LogP contribution in [0.5, 0.6) is 0 Å². The molecule has 32 heavy (non-hydrogen) atoms. The molecule has 2 aromatic rings. The highest BCUT2D eigenvalue weighted by Crippen LogP contribution is 2.32. The fraction of sp³-hybridized carbons (Fsp3) is 0.304. The Balaban J connectivity index is 1.55. The number of carbonyl (C=O) groups excluding carboxylic acids is 2. The van der Waals surface area contributed by atoms with Crippen molar-refractivity contribution in [3.8, 4) is 0 Å². The zero-order valence-electron chi connectivity index (χ0n) is 17.6. The number of carbonyl (C=O) groups is 2. The average Bonchev–Trinajstić information content (AvgIpc) is 2.80. The van der Waals surface area contributed by atoms with Gasteiger partial charge >= 0.3 is 12.0 Å². The van der Waals surface area contributed by atoms with Crippen LogP contribution >= 0.6 is 11.6 Å². The molecule has 0 radical (unpaired) electrons. The van der Waals surface area contributed by atoms with E-state index in [4.69, 9.17) is 16.3 Å². The maximum Gasteiger partial charge on any atom is 0.338 e. The molecule has 1 saturated heterocycles.